The Morgan fingerprint density at radius 2 is 2.00 bits per heavy atom. The summed E-state index contributed by atoms with van der Waals surface area (Å²) in [5.74, 6) is -0.160. The van der Waals surface area contributed by atoms with Crippen molar-refractivity contribution in [1.82, 2.24) is 5.32 Å². The van der Waals surface area contributed by atoms with Crippen LogP contribution in [0.1, 0.15) is 18.1 Å². The molecule has 0 spiro atoms. The van der Waals surface area contributed by atoms with Crippen molar-refractivity contribution in [1.29, 1.82) is 0 Å². The maximum absolute atomic E-state index is 13.9. The van der Waals surface area contributed by atoms with Gasteiger partial charge in [-0.2, -0.15) is 0 Å². The van der Waals surface area contributed by atoms with E-state index in [9.17, 15) is 4.39 Å². The van der Waals surface area contributed by atoms with Crippen molar-refractivity contribution < 1.29 is 4.39 Å². The molecule has 1 unspecified atom stereocenters. The Hall–Kier alpha value is -0.900. The topological polar surface area (TPSA) is 12.0 Å². The van der Waals surface area contributed by atoms with Gasteiger partial charge in [-0.05, 0) is 60.8 Å². The van der Waals surface area contributed by atoms with Gasteiger partial charge in [0.2, 0.25) is 0 Å². The van der Waals surface area contributed by atoms with Gasteiger partial charge in [0.15, 0.2) is 0 Å². The number of likely N-dealkylation sites (N-methyl/N-ethyl adjacent to an activating group) is 1. The number of rotatable bonds is 6. The lowest BCUT2D eigenvalue weighted by atomic mass is 9.98. The van der Waals surface area contributed by atoms with E-state index in [0.29, 0.717) is 6.42 Å². The quantitative estimate of drug-likeness (QED) is 0.754. The molecule has 0 bridgehead atoms. The Balaban J connectivity index is 2.13. The van der Waals surface area contributed by atoms with E-state index in [1.807, 2.05) is 30.3 Å². The second-order valence-electron chi connectivity index (χ2n) is 5.03. The fourth-order valence-corrected chi connectivity index (χ4v) is 3.04. The molecule has 112 valence electrons. The minimum Gasteiger partial charge on any atom is -0.314 e. The van der Waals surface area contributed by atoms with Crippen LogP contribution in [0.3, 0.4) is 0 Å². The molecular formula is C17H18BrClFN. The smallest absolute Gasteiger partial charge is 0.126 e. The average Bonchev–Trinajstić information content (AvgIpc) is 2.43. The van der Waals surface area contributed by atoms with E-state index in [0.717, 1.165) is 33.6 Å². The summed E-state index contributed by atoms with van der Waals surface area (Å²) in [6, 6.07) is 13.1. The molecular weight excluding hydrogens is 353 g/mol. The highest BCUT2D eigenvalue weighted by Gasteiger charge is 2.13. The van der Waals surface area contributed by atoms with Gasteiger partial charge in [-0.1, -0.05) is 46.6 Å². The third-order valence-corrected chi connectivity index (χ3v) is 4.07. The maximum Gasteiger partial charge on any atom is 0.126 e. The Bertz CT molecular complexity index is 603. The lowest BCUT2D eigenvalue weighted by Gasteiger charge is -2.19. The zero-order chi connectivity index (χ0) is 15.2. The fraction of sp³-hybridized carbons (Fsp3) is 0.294. The minimum atomic E-state index is -0.160. The number of nitrogens with one attached hydrogen (secondary N) is 1. The van der Waals surface area contributed by atoms with E-state index in [2.05, 4.69) is 28.2 Å². The summed E-state index contributed by atoms with van der Waals surface area (Å²) >= 11 is 9.42. The first kappa shape index (κ1) is 16.5. The van der Waals surface area contributed by atoms with Gasteiger partial charge in [0.05, 0.1) is 0 Å². The van der Waals surface area contributed by atoms with Crippen LogP contribution in [0.15, 0.2) is 46.9 Å². The van der Waals surface area contributed by atoms with Crippen LogP contribution in [0.2, 0.25) is 5.02 Å². The van der Waals surface area contributed by atoms with Crippen LogP contribution in [0.5, 0.6) is 0 Å². The zero-order valence-electron chi connectivity index (χ0n) is 11.9. The summed E-state index contributed by atoms with van der Waals surface area (Å²) in [7, 11) is 0. The molecule has 2 rings (SSSR count). The molecule has 2 aromatic carbocycles. The van der Waals surface area contributed by atoms with Crippen LogP contribution >= 0.6 is 27.5 Å². The normalized spacial score (nSPS) is 12.4. The summed E-state index contributed by atoms with van der Waals surface area (Å²) in [6.45, 7) is 2.91. The SMILES string of the molecule is CCNC(Cc1cccc(Cl)c1)Cc1cc(Br)ccc1F. The van der Waals surface area contributed by atoms with Crippen molar-refractivity contribution in [2.75, 3.05) is 6.54 Å². The molecule has 4 heteroatoms. The second-order valence-corrected chi connectivity index (χ2v) is 6.38. The van der Waals surface area contributed by atoms with Crippen LogP contribution in [-0.2, 0) is 12.8 Å². The Labute approximate surface area is 138 Å². The van der Waals surface area contributed by atoms with Crippen molar-refractivity contribution in [3.05, 3.63) is 68.9 Å². The number of hydrogen-bond acceptors (Lipinski definition) is 1. The molecule has 0 radical (unpaired) electrons. The fourth-order valence-electron chi connectivity index (χ4n) is 2.42. The van der Waals surface area contributed by atoms with Gasteiger partial charge in [0.1, 0.15) is 5.82 Å². The summed E-state index contributed by atoms with van der Waals surface area (Å²) in [6.07, 6.45) is 1.46. The number of hydrogen-bond donors (Lipinski definition) is 1. The highest BCUT2D eigenvalue weighted by Crippen LogP contribution is 2.19. The first-order chi connectivity index (χ1) is 10.1. The molecule has 1 nitrogen and oxygen atoms in total. The largest absolute Gasteiger partial charge is 0.314 e. The van der Waals surface area contributed by atoms with Crippen LogP contribution in [0, 0.1) is 5.82 Å². The molecule has 21 heavy (non-hydrogen) atoms. The number of halogens is 3. The van der Waals surface area contributed by atoms with Crippen molar-refractivity contribution in [2.45, 2.75) is 25.8 Å². The monoisotopic (exact) mass is 369 g/mol. The minimum absolute atomic E-state index is 0.160. The van der Waals surface area contributed by atoms with Gasteiger partial charge >= 0.3 is 0 Å². The standard InChI is InChI=1S/C17H18BrClFN/c1-2-21-16(9-12-4-3-5-15(19)8-12)11-13-10-14(18)6-7-17(13)20/h3-8,10,16,21H,2,9,11H2,1H3. The van der Waals surface area contributed by atoms with Crippen molar-refractivity contribution >= 4 is 27.5 Å². The van der Waals surface area contributed by atoms with Gasteiger partial charge in [-0.15, -0.1) is 0 Å². The lowest BCUT2D eigenvalue weighted by molar-refractivity contribution is 0.505. The summed E-state index contributed by atoms with van der Waals surface area (Å²) in [5, 5.41) is 4.15. The first-order valence-corrected chi connectivity index (χ1v) is 8.17. The molecule has 0 saturated heterocycles. The van der Waals surface area contributed by atoms with Gasteiger partial charge in [-0.3, -0.25) is 0 Å². The van der Waals surface area contributed by atoms with E-state index in [1.54, 1.807) is 6.07 Å². The van der Waals surface area contributed by atoms with Gasteiger partial charge < -0.3 is 5.32 Å². The van der Waals surface area contributed by atoms with Crippen LogP contribution in [0.25, 0.3) is 0 Å². The van der Waals surface area contributed by atoms with Crippen molar-refractivity contribution in [3.8, 4) is 0 Å². The molecule has 2 aromatic rings. The second kappa shape index (κ2) is 7.92. The lowest BCUT2D eigenvalue weighted by Crippen LogP contribution is -2.33. The molecule has 0 aliphatic rings. The predicted molar refractivity (Wildman–Crippen MR) is 90.4 cm³/mol. The van der Waals surface area contributed by atoms with E-state index in [4.69, 9.17) is 11.6 Å². The number of benzene rings is 2. The average molecular weight is 371 g/mol. The molecule has 0 saturated carbocycles. The predicted octanol–water partition coefficient (Wildman–Crippen LogP) is 5.00. The molecule has 0 heterocycles. The van der Waals surface area contributed by atoms with Crippen molar-refractivity contribution in [2.24, 2.45) is 0 Å². The molecule has 1 atom stereocenters. The summed E-state index contributed by atoms with van der Waals surface area (Å²) in [5.41, 5.74) is 1.88. The van der Waals surface area contributed by atoms with Crippen LogP contribution in [-0.4, -0.2) is 12.6 Å². The van der Waals surface area contributed by atoms with Crippen molar-refractivity contribution in [3.63, 3.8) is 0 Å². The Morgan fingerprint density at radius 3 is 2.71 bits per heavy atom. The zero-order valence-corrected chi connectivity index (χ0v) is 14.2. The highest BCUT2D eigenvalue weighted by atomic mass is 79.9. The summed E-state index contributed by atoms with van der Waals surface area (Å²) < 4.78 is 14.8. The van der Waals surface area contributed by atoms with E-state index in [-0.39, 0.29) is 11.9 Å². The van der Waals surface area contributed by atoms with Gasteiger partial charge in [0.25, 0.3) is 0 Å². The molecule has 0 aliphatic carbocycles. The first-order valence-electron chi connectivity index (χ1n) is 7.00. The Kier molecular flexibility index (Phi) is 6.22. The van der Waals surface area contributed by atoms with Crippen LogP contribution in [0.4, 0.5) is 4.39 Å². The molecule has 1 N–H and O–H groups in total. The highest BCUT2D eigenvalue weighted by molar-refractivity contribution is 9.10. The van der Waals surface area contributed by atoms with Gasteiger partial charge in [0, 0.05) is 15.5 Å². The molecule has 0 aliphatic heterocycles. The summed E-state index contributed by atoms with van der Waals surface area (Å²) in [4.78, 5) is 0. The molecule has 0 amide bonds. The molecule has 0 fully saturated rings. The third kappa shape index (κ3) is 5.10. The van der Waals surface area contributed by atoms with E-state index in [1.165, 1.54) is 6.07 Å². The third-order valence-electron chi connectivity index (χ3n) is 3.34. The maximum atomic E-state index is 13.9. The van der Waals surface area contributed by atoms with E-state index < -0.39 is 0 Å². The van der Waals surface area contributed by atoms with E-state index >= 15 is 0 Å². The Morgan fingerprint density at radius 1 is 1.19 bits per heavy atom. The van der Waals surface area contributed by atoms with Crippen LogP contribution < -0.4 is 5.32 Å². The molecule has 0 aromatic heterocycles. The van der Waals surface area contributed by atoms with Gasteiger partial charge in [-0.25, -0.2) is 4.39 Å².